The zero-order chi connectivity index (χ0) is 19.3. The Bertz CT molecular complexity index is 933. The van der Waals surface area contributed by atoms with E-state index < -0.39 is 0 Å². The van der Waals surface area contributed by atoms with Crippen LogP contribution in [0.1, 0.15) is 22.5 Å². The predicted molar refractivity (Wildman–Crippen MR) is 115 cm³/mol. The van der Waals surface area contributed by atoms with Crippen LogP contribution in [-0.4, -0.2) is 41.2 Å². The van der Waals surface area contributed by atoms with Gasteiger partial charge in [-0.1, -0.05) is 30.3 Å². The summed E-state index contributed by atoms with van der Waals surface area (Å²) in [4.78, 5) is 10.2. The van der Waals surface area contributed by atoms with Crippen LogP contribution in [0.5, 0.6) is 0 Å². The van der Waals surface area contributed by atoms with Crippen molar-refractivity contribution in [3.05, 3.63) is 71.2 Å². The van der Waals surface area contributed by atoms with Crippen molar-refractivity contribution in [1.82, 2.24) is 14.9 Å². The number of nitrogens with zero attached hydrogens (tertiary/aromatic N) is 2. The molecule has 0 unspecified atom stereocenters. The highest BCUT2D eigenvalue weighted by atomic mass is 16.5. The molecule has 3 aromatic rings. The number of nitrogens with one attached hydrogen (secondary N) is 1. The first-order chi connectivity index (χ1) is 13.7. The largest absolute Gasteiger partial charge is 0.397 e. The molecule has 1 fully saturated rings. The minimum atomic E-state index is 0.779. The molecule has 5 nitrogen and oxygen atoms in total. The maximum absolute atomic E-state index is 5.95. The van der Waals surface area contributed by atoms with E-state index in [2.05, 4.69) is 51.3 Å². The Kier molecular flexibility index (Phi) is 5.55. The Morgan fingerprint density at radius 3 is 2.61 bits per heavy atom. The van der Waals surface area contributed by atoms with Gasteiger partial charge in [-0.3, -0.25) is 9.88 Å². The third-order valence-corrected chi connectivity index (χ3v) is 5.08. The van der Waals surface area contributed by atoms with Gasteiger partial charge in [0.15, 0.2) is 0 Å². The quantitative estimate of drug-likeness (QED) is 0.709. The van der Waals surface area contributed by atoms with E-state index in [-0.39, 0.29) is 0 Å². The van der Waals surface area contributed by atoms with Crippen molar-refractivity contribution >= 4 is 17.8 Å². The SMILES string of the molecule is Cc1[nH]c(-c2ccnc(/C=C/c3ccc(CN4CCOCC4)cc3)c2)cc1N. The van der Waals surface area contributed by atoms with Gasteiger partial charge in [-0.05, 0) is 42.3 Å². The summed E-state index contributed by atoms with van der Waals surface area (Å²) >= 11 is 0. The average molecular weight is 374 g/mol. The fourth-order valence-corrected chi connectivity index (χ4v) is 3.37. The summed E-state index contributed by atoms with van der Waals surface area (Å²) in [5, 5.41) is 0. The van der Waals surface area contributed by atoms with Gasteiger partial charge in [0.2, 0.25) is 0 Å². The summed E-state index contributed by atoms with van der Waals surface area (Å²) in [5.41, 5.74) is 13.2. The topological polar surface area (TPSA) is 67.2 Å². The minimum absolute atomic E-state index is 0.779. The first-order valence-corrected chi connectivity index (χ1v) is 9.66. The second-order valence-electron chi connectivity index (χ2n) is 7.20. The van der Waals surface area contributed by atoms with E-state index in [0.29, 0.717) is 0 Å². The first-order valence-electron chi connectivity index (χ1n) is 9.66. The van der Waals surface area contributed by atoms with Crippen molar-refractivity contribution in [2.45, 2.75) is 13.5 Å². The number of morpholine rings is 1. The third-order valence-electron chi connectivity index (χ3n) is 5.08. The van der Waals surface area contributed by atoms with Crippen LogP contribution in [-0.2, 0) is 11.3 Å². The number of hydrogen-bond donors (Lipinski definition) is 2. The minimum Gasteiger partial charge on any atom is -0.397 e. The number of H-pyrrole nitrogens is 1. The number of benzene rings is 1. The molecular weight excluding hydrogens is 348 g/mol. The number of hydrogen-bond acceptors (Lipinski definition) is 4. The fraction of sp³-hybridized carbons (Fsp3) is 0.261. The average Bonchev–Trinajstić information content (AvgIpc) is 3.07. The molecule has 3 N–H and O–H groups in total. The van der Waals surface area contributed by atoms with Gasteiger partial charge in [-0.25, -0.2) is 0 Å². The summed E-state index contributed by atoms with van der Waals surface area (Å²) in [6.07, 6.45) is 5.96. The summed E-state index contributed by atoms with van der Waals surface area (Å²) in [6.45, 7) is 6.65. The highest BCUT2D eigenvalue weighted by Gasteiger charge is 2.10. The van der Waals surface area contributed by atoms with E-state index in [1.54, 1.807) is 0 Å². The molecule has 3 heterocycles. The second kappa shape index (κ2) is 8.42. The number of rotatable bonds is 5. The van der Waals surface area contributed by atoms with E-state index in [0.717, 1.165) is 66.7 Å². The molecule has 28 heavy (non-hydrogen) atoms. The zero-order valence-electron chi connectivity index (χ0n) is 16.2. The molecule has 1 aliphatic rings. The number of nitrogen functional groups attached to an aromatic ring is 1. The van der Waals surface area contributed by atoms with Crippen LogP contribution >= 0.6 is 0 Å². The lowest BCUT2D eigenvalue weighted by Gasteiger charge is -2.26. The zero-order valence-corrected chi connectivity index (χ0v) is 16.2. The Morgan fingerprint density at radius 2 is 1.89 bits per heavy atom. The monoisotopic (exact) mass is 374 g/mol. The van der Waals surface area contributed by atoms with E-state index in [4.69, 9.17) is 10.5 Å². The van der Waals surface area contributed by atoms with E-state index in [1.165, 1.54) is 5.56 Å². The molecule has 0 spiro atoms. The Balaban J connectivity index is 1.43. The van der Waals surface area contributed by atoms with Crippen LogP contribution in [0.4, 0.5) is 5.69 Å². The number of aromatic nitrogens is 2. The molecule has 1 saturated heterocycles. The molecule has 0 saturated carbocycles. The second-order valence-corrected chi connectivity index (χ2v) is 7.20. The molecule has 4 rings (SSSR count). The molecule has 0 radical (unpaired) electrons. The summed E-state index contributed by atoms with van der Waals surface area (Å²) in [7, 11) is 0. The van der Waals surface area contributed by atoms with Crippen LogP contribution in [0.3, 0.4) is 0 Å². The van der Waals surface area contributed by atoms with Crippen molar-refractivity contribution in [2.75, 3.05) is 32.0 Å². The molecule has 0 bridgehead atoms. The molecule has 1 aromatic carbocycles. The van der Waals surface area contributed by atoms with Gasteiger partial charge in [0.05, 0.1) is 24.6 Å². The summed E-state index contributed by atoms with van der Waals surface area (Å²) in [5.74, 6) is 0. The van der Waals surface area contributed by atoms with Gasteiger partial charge in [0.25, 0.3) is 0 Å². The maximum atomic E-state index is 5.95. The highest BCUT2D eigenvalue weighted by Crippen LogP contribution is 2.23. The van der Waals surface area contributed by atoms with Crippen LogP contribution in [0.25, 0.3) is 23.4 Å². The predicted octanol–water partition coefficient (Wildman–Crippen LogP) is 3.97. The summed E-state index contributed by atoms with van der Waals surface area (Å²) < 4.78 is 5.41. The fourth-order valence-electron chi connectivity index (χ4n) is 3.37. The van der Waals surface area contributed by atoms with Crippen LogP contribution < -0.4 is 5.73 Å². The number of aryl methyl sites for hydroxylation is 1. The normalized spacial score (nSPS) is 15.3. The van der Waals surface area contributed by atoms with Crippen LogP contribution in [0.15, 0.2) is 48.7 Å². The lowest BCUT2D eigenvalue weighted by atomic mass is 10.1. The number of nitrogens with two attached hydrogens (primary N) is 1. The van der Waals surface area contributed by atoms with Crippen LogP contribution in [0, 0.1) is 6.92 Å². The van der Waals surface area contributed by atoms with E-state index in [1.807, 2.05) is 31.3 Å². The van der Waals surface area contributed by atoms with Gasteiger partial charge < -0.3 is 15.5 Å². The molecule has 0 atom stereocenters. The molecule has 0 amide bonds. The van der Waals surface area contributed by atoms with Crippen molar-refractivity contribution in [3.8, 4) is 11.3 Å². The Hall–Kier alpha value is -2.89. The Morgan fingerprint density at radius 1 is 1.11 bits per heavy atom. The first kappa shape index (κ1) is 18.5. The number of pyridine rings is 1. The van der Waals surface area contributed by atoms with Gasteiger partial charge >= 0.3 is 0 Å². The van der Waals surface area contributed by atoms with E-state index in [9.17, 15) is 0 Å². The van der Waals surface area contributed by atoms with Gasteiger partial charge in [0, 0.05) is 42.8 Å². The molecule has 144 valence electrons. The number of anilines is 1. The number of aromatic amines is 1. The lowest BCUT2D eigenvalue weighted by Crippen LogP contribution is -2.35. The molecule has 0 aliphatic carbocycles. The molecule has 1 aliphatic heterocycles. The van der Waals surface area contributed by atoms with Crippen molar-refractivity contribution in [3.63, 3.8) is 0 Å². The van der Waals surface area contributed by atoms with Gasteiger partial charge in [-0.2, -0.15) is 0 Å². The Labute approximate surface area is 165 Å². The van der Waals surface area contributed by atoms with E-state index >= 15 is 0 Å². The standard InChI is InChI=1S/C23H26N4O/c1-17-22(24)15-23(26-17)20-8-9-25-21(14-20)7-6-18-2-4-19(5-3-18)16-27-10-12-28-13-11-27/h2-9,14-15,26H,10-13,16,24H2,1H3/b7-6+. The smallest absolute Gasteiger partial charge is 0.0636 e. The van der Waals surface area contributed by atoms with Gasteiger partial charge in [0.1, 0.15) is 0 Å². The highest BCUT2D eigenvalue weighted by molar-refractivity contribution is 5.72. The van der Waals surface area contributed by atoms with Crippen molar-refractivity contribution in [1.29, 1.82) is 0 Å². The molecular formula is C23H26N4O. The summed E-state index contributed by atoms with van der Waals surface area (Å²) in [6, 6.07) is 14.7. The molecule has 2 aromatic heterocycles. The lowest BCUT2D eigenvalue weighted by molar-refractivity contribution is 0.0342. The van der Waals surface area contributed by atoms with Crippen molar-refractivity contribution < 1.29 is 4.74 Å². The maximum Gasteiger partial charge on any atom is 0.0636 e. The third kappa shape index (κ3) is 4.50. The van der Waals surface area contributed by atoms with Gasteiger partial charge in [-0.15, -0.1) is 0 Å². The number of ether oxygens (including phenoxy) is 1. The molecule has 5 heteroatoms. The van der Waals surface area contributed by atoms with Crippen LogP contribution in [0.2, 0.25) is 0 Å². The van der Waals surface area contributed by atoms with Crippen molar-refractivity contribution in [2.24, 2.45) is 0 Å².